The van der Waals surface area contributed by atoms with Gasteiger partial charge < -0.3 is 9.13 Å². The summed E-state index contributed by atoms with van der Waals surface area (Å²) in [5.74, 6) is 0.961. The van der Waals surface area contributed by atoms with Crippen LogP contribution in [0.1, 0.15) is 5.82 Å². The van der Waals surface area contributed by atoms with E-state index in [0.29, 0.717) is 11.0 Å². The van der Waals surface area contributed by atoms with Gasteiger partial charge in [0.2, 0.25) is 0 Å². The van der Waals surface area contributed by atoms with Gasteiger partial charge in [-0.15, -0.1) is 0 Å². The molecule has 2 aromatic rings. The van der Waals surface area contributed by atoms with Crippen LogP contribution in [0, 0.1) is 6.92 Å². The second-order valence-electron chi connectivity index (χ2n) is 3.52. The van der Waals surface area contributed by atoms with Crippen molar-refractivity contribution in [2.75, 3.05) is 0 Å². The van der Waals surface area contributed by atoms with Crippen molar-refractivity contribution in [3.63, 3.8) is 0 Å². The lowest BCUT2D eigenvalue weighted by atomic mass is 10.4. The third kappa shape index (κ3) is 2.24. The van der Waals surface area contributed by atoms with Crippen LogP contribution in [0.2, 0.25) is 0 Å². The first-order valence-corrected chi connectivity index (χ1v) is 5.80. The summed E-state index contributed by atoms with van der Waals surface area (Å²) in [7, 11) is 0. The average Bonchev–Trinajstić information content (AvgIpc) is 2.67. The molecule has 0 spiro atoms. The van der Waals surface area contributed by atoms with Gasteiger partial charge in [-0.25, -0.2) is 4.98 Å². The highest BCUT2D eigenvalue weighted by atomic mass is 79.9. The largest absolute Gasteiger partial charge is 0.333 e. The molecule has 0 saturated carbocycles. The van der Waals surface area contributed by atoms with Crippen LogP contribution in [0.25, 0.3) is 0 Å². The Morgan fingerprint density at radius 1 is 1.31 bits per heavy atom. The first kappa shape index (κ1) is 11.1. The van der Waals surface area contributed by atoms with Gasteiger partial charge in [0.15, 0.2) is 0 Å². The Labute approximate surface area is 102 Å². The molecule has 0 saturated heterocycles. The molecule has 4 nitrogen and oxygen atoms in total. The minimum Gasteiger partial charge on any atom is -0.333 e. The number of aryl methyl sites for hydroxylation is 3. The van der Waals surface area contributed by atoms with Crippen LogP contribution in [0.15, 0.2) is 40.0 Å². The van der Waals surface area contributed by atoms with Crippen LogP contribution in [0.3, 0.4) is 0 Å². The molecule has 0 atom stereocenters. The number of rotatable bonds is 3. The Morgan fingerprint density at radius 3 is 2.75 bits per heavy atom. The summed E-state index contributed by atoms with van der Waals surface area (Å²) in [5, 5.41) is 0. The van der Waals surface area contributed by atoms with E-state index in [1.54, 1.807) is 23.0 Å². The predicted octanol–water partition coefficient (Wildman–Crippen LogP) is 1.82. The van der Waals surface area contributed by atoms with E-state index in [1.165, 1.54) is 0 Å². The highest BCUT2D eigenvalue weighted by molar-refractivity contribution is 9.10. The first-order chi connectivity index (χ1) is 7.68. The highest BCUT2D eigenvalue weighted by Gasteiger charge is 2.01. The molecular weight excluding hydrogens is 270 g/mol. The molecule has 0 N–H and O–H groups in total. The monoisotopic (exact) mass is 281 g/mol. The van der Waals surface area contributed by atoms with Crippen LogP contribution in [-0.4, -0.2) is 14.1 Å². The molecule has 0 fully saturated rings. The van der Waals surface area contributed by atoms with Crippen molar-refractivity contribution in [2.45, 2.75) is 20.0 Å². The summed E-state index contributed by atoms with van der Waals surface area (Å²) < 4.78 is 4.30. The maximum atomic E-state index is 11.7. The van der Waals surface area contributed by atoms with Gasteiger partial charge in [0.05, 0.1) is 4.47 Å². The van der Waals surface area contributed by atoms with Crippen LogP contribution >= 0.6 is 15.9 Å². The Bertz CT molecular complexity index is 544. The summed E-state index contributed by atoms with van der Waals surface area (Å²) in [4.78, 5) is 15.8. The fraction of sp³-hybridized carbons (Fsp3) is 0.273. The normalized spacial score (nSPS) is 10.6. The molecule has 0 unspecified atom stereocenters. The van der Waals surface area contributed by atoms with E-state index < -0.39 is 0 Å². The number of imidazole rings is 1. The molecule has 0 aliphatic heterocycles. The Hall–Kier alpha value is -1.36. The molecule has 0 aliphatic carbocycles. The number of halogens is 1. The second kappa shape index (κ2) is 4.65. The molecule has 0 amide bonds. The maximum absolute atomic E-state index is 11.7. The topological polar surface area (TPSA) is 39.8 Å². The minimum absolute atomic E-state index is 0.000248. The van der Waals surface area contributed by atoms with Crippen LogP contribution in [0.5, 0.6) is 0 Å². The van der Waals surface area contributed by atoms with Gasteiger partial charge in [-0.2, -0.15) is 0 Å². The zero-order valence-corrected chi connectivity index (χ0v) is 10.5. The molecule has 0 aromatic carbocycles. The van der Waals surface area contributed by atoms with Crippen molar-refractivity contribution in [3.05, 3.63) is 51.4 Å². The lowest BCUT2D eigenvalue weighted by Gasteiger charge is -2.07. The summed E-state index contributed by atoms with van der Waals surface area (Å²) in [6, 6.07) is 3.60. The van der Waals surface area contributed by atoms with Crippen molar-refractivity contribution >= 4 is 15.9 Å². The van der Waals surface area contributed by atoms with E-state index in [4.69, 9.17) is 0 Å². The lowest BCUT2D eigenvalue weighted by Crippen LogP contribution is -2.22. The molecule has 2 heterocycles. The van der Waals surface area contributed by atoms with Gasteiger partial charge in [0, 0.05) is 31.7 Å². The van der Waals surface area contributed by atoms with Crippen LogP contribution in [-0.2, 0) is 13.1 Å². The third-order valence-corrected chi connectivity index (χ3v) is 3.08. The van der Waals surface area contributed by atoms with Crippen molar-refractivity contribution < 1.29 is 0 Å². The van der Waals surface area contributed by atoms with Gasteiger partial charge in [0.1, 0.15) is 5.82 Å². The number of hydrogen-bond donors (Lipinski definition) is 0. The molecule has 0 bridgehead atoms. The van der Waals surface area contributed by atoms with Crippen molar-refractivity contribution in [1.82, 2.24) is 14.1 Å². The van der Waals surface area contributed by atoms with E-state index in [-0.39, 0.29) is 5.56 Å². The van der Waals surface area contributed by atoms with Gasteiger partial charge in [-0.3, -0.25) is 4.79 Å². The van der Waals surface area contributed by atoms with Crippen LogP contribution < -0.4 is 5.56 Å². The molecule has 84 valence electrons. The molecule has 2 aromatic heterocycles. The summed E-state index contributed by atoms with van der Waals surface area (Å²) in [5.41, 5.74) is 0.000248. The number of hydrogen-bond acceptors (Lipinski definition) is 2. The Kier molecular flexibility index (Phi) is 3.24. The maximum Gasteiger partial charge on any atom is 0.264 e. The smallest absolute Gasteiger partial charge is 0.264 e. The standard InChI is InChI=1S/C11H12BrN3O/c1-9-13-4-6-14(9)7-8-15-5-2-3-10(12)11(15)16/h2-6H,7-8H2,1H3. The van der Waals surface area contributed by atoms with Gasteiger partial charge in [-0.1, -0.05) is 0 Å². The van der Waals surface area contributed by atoms with E-state index in [0.717, 1.165) is 12.4 Å². The summed E-state index contributed by atoms with van der Waals surface area (Å²) >= 11 is 3.23. The molecule has 0 aliphatic rings. The number of nitrogens with zero attached hydrogens (tertiary/aromatic N) is 3. The van der Waals surface area contributed by atoms with Crippen molar-refractivity contribution in [3.8, 4) is 0 Å². The zero-order chi connectivity index (χ0) is 11.5. The van der Waals surface area contributed by atoms with E-state index in [9.17, 15) is 4.79 Å². The van der Waals surface area contributed by atoms with Gasteiger partial charge in [-0.05, 0) is 35.0 Å². The Balaban J connectivity index is 2.14. The molecule has 5 heteroatoms. The lowest BCUT2D eigenvalue weighted by molar-refractivity contribution is 0.554. The number of pyridine rings is 1. The quantitative estimate of drug-likeness (QED) is 0.861. The first-order valence-electron chi connectivity index (χ1n) is 5.01. The molecule has 2 rings (SSSR count). The SMILES string of the molecule is Cc1nccn1CCn1cccc(Br)c1=O. The second-order valence-corrected chi connectivity index (χ2v) is 4.38. The fourth-order valence-corrected chi connectivity index (χ4v) is 1.92. The molecule has 0 radical (unpaired) electrons. The fourth-order valence-electron chi connectivity index (χ4n) is 1.54. The highest BCUT2D eigenvalue weighted by Crippen LogP contribution is 2.01. The third-order valence-electron chi connectivity index (χ3n) is 2.48. The van der Waals surface area contributed by atoms with Gasteiger partial charge in [0.25, 0.3) is 5.56 Å². The molecular formula is C11H12BrN3O. The Morgan fingerprint density at radius 2 is 2.06 bits per heavy atom. The number of aromatic nitrogens is 3. The van der Waals surface area contributed by atoms with Crippen LogP contribution in [0.4, 0.5) is 0 Å². The summed E-state index contributed by atoms with van der Waals surface area (Å²) in [6.07, 6.45) is 5.47. The van der Waals surface area contributed by atoms with E-state index in [2.05, 4.69) is 20.9 Å². The van der Waals surface area contributed by atoms with E-state index >= 15 is 0 Å². The average molecular weight is 282 g/mol. The predicted molar refractivity (Wildman–Crippen MR) is 65.4 cm³/mol. The minimum atomic E-state index is 0.000248. The van der Waals surface area contributed by atoms with E-state index in [1.807, 2.05) is 23.8 Å². The van der Waals surface area contributed by atoms with Crippen molar-refractivity contribution in [2.24, 2.45) is 0 Å². The summed E-state index contributed by atoms with van der Waals surface area (Å²) in [6.45, 7) is 3.35. The van der Waals surface area contributed by atoms with Gasteiger partial charge >= 0.3 is 0 Å². The zero-order valence-electron chi connectivity index (χ0n) is 8.93. The van der Waals surface area contributed by atoms with Crippen molar-refractivity contribution in [1.29, 1.82) is 0 Å². The molecule has 16 heavy (non-hydrogen) atoms.